The molecule has 1 heterocycles. The minimum Gasteiger partial charge on any atom is -0.391 e. The molecule has 1 rings (SSSR count). The van der Waals surface area contributed by atoms with Gasteiger partial charge < -0.3 is 5.11 Å². The van der Waals surface area contributed by atoms with Gasteiger partial charge in [-0.05, 0) is 6.07 Å². The average Bonchev–Trinajstić information content (AvgIpc) is 2.53. The highest BCUT2D eigenvalue weighted by Gasteiger charge is 1.93. The van der Waals surface area contributed by atoms with E-state index in [0.29, 0.717) is 0 Å². The summed E-state index contributed by atoms with van der Waals surface area (Å²) < 4.78 is 0. The second-order valence-corrected chi connectivity index (χ2v) is 3.99. The lowest BCUT2D eigenvalue weighted by Crippen LogP contribution is -1.72. The predicted octanol–water partition coefficient (Wildman–Crippen LogP) is 2.38. The molecule has 0 aliphatic heterocycles. The van der Waals surface area contributed by atoms with E-state index in [1.165, 1.54) is 0 Å². The smallest absolute Gasteiger partial charge is 0.0774 e. The van der Waals surface area contributed by atoms with Crippen molar-refractivity contribution in [2.24, 2.45) is 0 Å². The van der Waals surface area contributed by atoms with Gasteiger partial charge >= 0.3 is 0 Å². The Balaban J connectivity index is 2.59. The fourth-order valence-corrected chi connectivity index (χ4v) is 1.61. The summed E-state index contributed by atoms with van der Waals surface area (Å²) in [5, 5.41) is 11.7. The van der Waals surface area contributed by atoms with Crippen LogP contribution in [-0.4, -0.2) is 10.4 Å². The molecule has 1 aromatic heterocycles. The van der Waals surface area contributed by atoms with Crippen LogP contribution in [0.4, 0.5) is 0 Å². The highest BCUT2D eigenvalue weighted by molar-refractivity contribution is 9.09. The molecule has 0 amide bonds. The molecule has 12 heavy (non-hydrogen) atoms. The zero-order valence-electron chi connectivity index (χ0n) is 6.51. The van der Waals surface area contributed by atoms with Crippen LogP contribution in [0.5, 0.6) is 0 Å². The normalized spacial score (nSPS) is 9.17. The summed E-state index contributed by atoms with van der Waals surface area (Å²) >= 11 is 4.85. The molecular weight excluding hydrogens is 236 g/mol. The number of hydrogen-bond acceptors (Lipinski definition) is 2. The lowest BCUT2D eigenvalue weighted by Gasteiger charge is -1.80. The van der Waals surface area contributed by atoms with Crippen molar-refractivity contribution >= 4 is 27.3 Å². The van der Waals surface area contributed by atoms with Gasteiger partial charge in [-0.2, -0.15) is 0 Å². The minimum absolute atomic E-state index is 0.116. The lowest BCUT2D eigenvalue weighted by atomic mass is 10.3. The first-order valence-corrected chi connectivity index (χ1v) is 5.60. The Morgan fingerprint density at radius 3 is 3.00 bits per heavy atom. The van der Waals surface area contributed by atoms with Crippen LogP contribution in [0.15, 0.2) is 11.4 Å². The van der Waals surface area contributed by atoms with Crippen molar-refractivity contribution in [2.45, 2.75) is 13.0 Å². The van der Waals surface area contributed by atoms with Gasteiger partial charge in [0.05, 0.1) is 6.61 Å². The monoisotopic (exact) mass is 244 g/mol. The molecule has 0 atom stereocenters. The molecule has 1 N–H and O–H groups in total. The number of thiophene rings is 1. The van der Waals surface area contributed by atoms with Crippen molar-refractivity contribution in [2.75, 3.05) is 5.33 Å². The zero-order valence-corrected chi connectivity index (χ0v) is 8.91. The van der Waals surface area contributed by atoms with Crippen molar-refractivity contribution in [1.29, 1.82) is 0 Å². The Bertz CT molecular complexity index is 295. The second kappa shape index (κ2) is 5.36. The van der Waals surface area contributed by atoms with Crippen molar-refractivity contribution in [3.05, 3.63) is 21.9 Å². The van der Waals surface area contributed by atoms with Crippen LogP contribution < -0.4 is 0 Å². The largest absolute Gasteiger partial charge is 0.391 e. The highest BCUT2D eigenvalue weighted by Crippen LogP contribution is 2.13. The summed E-state index contributed by atoms with van der Waals surface area (Å²) in [6.07, 6.45) is 0.865. The molecule has 0 unspecified atom stereocenters. The first-order chi connectivity index (χ1) is 5.86. The third-order valence-corrected chi connectivity index (χ3v) is 2.58. The maximum Gasteiger partial charge on any atom is 0.0774 e. The zero-order chi connectivity index (χ0) is 8.81. The predicted molar refractivity (Wildman–Crippen MR) is 55.5 cm³/mol. The topological polar surface area (TPSA) is 20.2 Å². The van der Waals surface area contributed by atoms with Gasteiger partial charge in [0, 0.05) is 27.6 Å². The summed E-state index contributed by atoms with van der Waals surface area (Å²) in [7, 11) is 0. The number of rotatable bonds is 2. The summed E-state index contributed by atoms with van der Waals surface area (Å²) in [6.45, 7) is 0.116. The van der Waals surface area contributed by atoms with Gasteiger partial charge in [0.2, 0.25) is 0 Å². The van der Waals surface area contributed by atoms with Crippen molar-refractivity contribution < 1.29 is 5.11 Å². The van der Waals surface area contributed by atoms with E-state index < -0.39 is 0 Å². The standard InChI is InChI=1S/C9H9BrOS/c10-4-2-1-3-8-5-9(6-11)12-7-8/h5,7,11H,2,4,6H2. The third kappa shape index (κ3) is 2.98. The molecule has 0 aliphatic rings. The van der Waals surface area contributed by atoms with Gasteiger partial charge in [-0.3, -0.25) is 0 Å². The summed E-state index contributed by atoms with van der Waals surface area (Å²) in [5.41, 5.74) is 1.00. The molecule has 0 saturated heterocycles. The van der Waals surface area contributed by atoms with Gasteiger partial charge in [0.1, 0.15) is 0 Å². The maximum atomic E-state index is 8.78. The van der Waals surface area contributed by atoms with Crippen LogP contribution in [0.25, 0.3) is 0 Å². The van der Waals surface area contributed by atoms with E-state index in [0.717, 1.165) is 22.2 Å². The van der Waals surface area contributed by atoms with E-state index in [2.05, 4.69) is 27.8 Å². The number of alkyl halides is 1. The van der Waals surface area contributed by atoms with Gasteiger partial charge in [-0.25, -0.2) is 0 Å². The molecule has 0 saturated carbocycles. The molecule has 0 aliphatic carbocycles. The molecule has 0 spiro atoms. The second-order valence-electron chi connectivity index (χ2n) is 2.20. The number of halogens is 1. The minimum atomic E-state index is 0.116. The molecule has 0 fully saturated rings. The molecule has 0 bridgehead atoms. The number of aliphatic hydroxyl groups excluding tert-OH is 1. The van der Waals surface area contributed by atoms with Crippen LogP contribution in [0, 0.1) is 11.8 Å². The molecule has 3 heteroatoms. The van der Waals surface area contributed by atoms with Crippen LogP contribution in [-0.2, 0) is 6.61 Å². The fourth-order valence-electron chi connectivity index (χ4n) is 0.741. The molecule has 1 nitrogen and oxygen atoms in total. The van der Waals surface area contributed by atoms with E-state index in [9.17, 15) is 0 Å². The SMILES string of the molecule is OCc1cc(C#CCCBr)cs1. The molecule has 0 aromatic carbocycles. The van der Waals surface area contributed by atoms with Crippen LogP contribution in [0.3, 0.4) is 0 Å². The van der Waals surface area contributed by atoms with Crippen LogP contribution in [0.1, 0.15) is 16.9 Å². The Hall–Kier alpha value is -0.300. The van der Waals surface area contributed by atoms with Crippen molar-refractivity contribution in [3.8, 4) is 11.8 Å². The summed E-state index contributed by atoms with van der Waals surface area (Å²) in [4.78, 5) is 0.971. The molecule has 0 radical (unpaired) electrons. The lowest BCUT2D eigenvalue weighted by molar-refractivity contribution is 0.285. The van der Waals surface area contributed by atoms with E-state index in [-0.39, 0.29) is 6.61 Å². The van der Waals surface area contributed by atoms with E-state index in [4.69, 9.17) is 5.11 Å². The Labute approximate surface area is 84.6 Å². The first-order valence-electron chi connectivity index (χ1n) is 3.60. The van der Waals surface area contributed by atoms with Crippen molar-refractivity contribution in [3.63, 3.8) is 0 Å². The molecule has 64 valence electrons. The van der Waals surface area contributed by atoms with E-state index >= 15 is 0 Å². The first kappa shape index (κ1) is 9.79. The van der Waals surface area contributed by atoms with Crippen LogP contribution in [0.2, 0.25) is 0 Å². The van der Waals surface area contributed by atoms with Gasteiger partial charge in [-0.1, -0.05) is 27.8 Å². The average molecular weight is 245 g/mol. The summed E-state index contributed by atoms with van der Waals surface area (Å²) in [5.74, 6) is 6.04. The number of aliphatic hydroxyl groups is 1. The van der Waals surface area contributed by atoms with Crippen LogP contribution >= 0.6 is 27.3 Å². The molecular formula is C9H9BrOS. The summed E-state index contributed by atoms with van der Waals surface area (Å²) in [6, 6.07) is 1.92. The molecule has 1 aromatic rings. The third-order valence-electron chi connectivity index (χ3n) is 1.26. The Morgan fingerprint density at radius 2 is 2.42 bits per heavy atom. The van der Waals surface area contributed by atoms with E-state index in [1.807, 2.05) is 11.4 Å². The van der Waals surface area contributed by atoms with Crippen molar-refractivity contribution in [1.82, 2.24) is 0 Å². The van der Waals surface area contributed by atoms with E-state index in [1.54, 1.807) is 11.3 Å². The Kier molecular flexibility index (Phi) is 4.37. The maximum absolute atomic E-state index is 8.78. The van der Waals surface area contributed by atoms with Gasteiger partial charge in [-0.15, -0.1) is 11.3 Å². The highest BCUT2D eigenvalue weighted by atomic mass is 79.9. The van der Waals surface area contributed by atoms with Gasteiger partial charge in [0.15, 0.2) is 0 Å². The fraction of sp³-hybridized carbons (Fsp3) is 0.333. The quantitative estimate of drug-likeness (QED) is 0.626. The van der Waals surface area contributed by atoms with Gasteiger partial charge in [0.25, 0.3) is 0 Å². The number of hydrogen-bond donors (Lipinski definition) is 1. The Morgan fingerprint density at radius 1 is 1.58 bits per heavy atom.